The van der Waals surface area contributed by atoms with Crippen molar-refractivity contribution in [1.82, 2.24) is 4.31 Å². The second-order valence-corrected chi connectivity index (χ2v) is 7.86. The molecular weight excluding hydrogens is 306 g/mol. The van der Waals surface area contributed by atoms with Crippen LogP contribution in [-0.2, 0) is 20.8 Å². The summed E-state index contributed by atoms with van der Waals surface area (Å²) in [6.45, 7) is 0.345. The van der Waals surface area contributed by atoms with Gasteiger partial charge in [0.05, 0.1) is 9.82 Å². The van der Waals surface area contributed by atoms with Crippen LogP contribution in [-0.4, -0.2) is 46.5 Å². The average molecular weight is 319 g/mol. The maximum absolute atomic E-state index is 12.3. The van der Waals surface area contributed by atoms with E-state index in [1.165, 1.54) is 4.31 Å². The van der Waals surface area contributed by atoms with E-state index in [9.17, 15) is 22.7 Å². The lowest BCUT2D eigenvalue weighted by atomic mass is 10.3. The molecule has 1 saturated heterocycles. The van der Waals surface area contributed by atoms with E-state index in [2.05, 4.69) is 0 Å². The van der Waals surface area contributed by atoms with Crippen LogP contribution in [0.4, 0.5) is 11.4 Å². The summed E-state index contributed by atoms with van der Waals surface area (Å²) in [6, 6.07) is 3.32. The Hall–Kier alpha value is -1.52. The van der Waals surface area contributed by atoms with E-state index in [1.54, 1.807) is 0 Å². The molecule has 2 rings (SSSR count). The van der Waals surface area contributed by atoms with Gasteiger partial charge in [-0.2, -0.15) is 4.31 Å². The summed E-state index contributed by atoms with van der Waals surface area (Å²) in [4.78, 5) is 9.89. The predicted octanol–water partition coefficient (Wildman–Crippen LogP) is -0.0700. The zero-order chi connectivity index (χ0) is 14.9. The summed E-state index contributed by atoms with van der Waals surface area (Å²) >= 11 is 0. The van der Waals surface area contributed by atoms with Crippen LogP contribution < -0.4 is 5.73 Å². The van der Waals surface area contributed by atoms with Gasteiger partial charge >= 0.3 is 0 Å². The fraction of sp³-hybridized carbons (Fsp3) is 0.400. The van der Waals surface area contributed by atoms with Crippen molar-refractivity contribution < 1.29 is 17.6 Å². The summed E-state index contributed by atoms with van der Waals surface area (Å²) in [5, 5.41) is 10.7. The Kier molecular flexibility index (Phi) is 4.06. The molecule has 1 aromatic carbocycles. The molecule has 0 aromatic heterocycles. The van der Waals surface area contributed by atoms with Crippen molar-refractivity contribution in [2.75, 3.05) is 30.3 Å². The van der Waals surface area contributed by atoms with Gasteiger partial charge in [0.15, 0.2) is 0 Å². The predicted molar refractivity (Wildman–Crippen MR) is 74.1 cm³/mol. The Balaban J connectivity index is 2.33. The van der Waals surface area contributed by atoms with Crippen LogP contribution in [0.25, 0.3) is 0 Å². The largest absolute Gasteiger partial charge is 0.393 e. The molecule has 1 fully saturated rings. The molecule has 0 radical (unpaired) electrons. The molecule has 0 aliphatic carbocycles. The molecule has 1 aliphatic heterocycles. The Morgan fingerprint density at radius 1 is 1.30 bits per heavy atom. The number of benzene rings is 1. The molecule has 8 nitrogen and oxygen atoms in total. The number of anilines is 1. The van der Waals surface area contributed by atoms with Crippen LogP contribution >= 0.6 is 0 Å². The highest BCUT2D eigenvalue weighted by Gasteiger charge is 2.29. The summed E-state index contributed by atoms with van der Waals surface area (Å²) in [5.74, 6) is 0.587. The highest BCUT2D eigenvalue weighted by Crippen LogP contribution is 2.26. The minimum absolute atomic E-state index is 0.0896. The Morgan fingerprint density at radius 2 is 1.90 bits per heavy atom. The zero-order valence-electron chi connectivity index (χ0n) is 10.4. The van der Waals surface area contributed by atoms with Crippen LogP contribution in [0.1, 0.15) is 0 Å². The van der Waals surface area contributed by atoms with Gasteiger partial charge < -0.3 is 5.73 Å². The molecule has 0 spiro atoms. The van der Waals surface area contributed by atoms with E-state index in [0.29, 0.717) is 11.5 Å². The van der Waals surface area contributed by atoms with Gasteiger partial charge in [0.1, 0.15) is 5.69 Å². The number of hydrogen-bond acceptors (Lipinski definition) is 6. The number of nitro benzene ring substituents is 1. The van der Waals surface area contributed by atoms with Gasteiger partial charge in [-0.25, -0.2) is 8.42 Å². The van der Waals surface area contributed by atoms with Crippen molar-refractivity contribution in [2.45, 2.75) is 4.90 Å². The lowest BCUT2D eigenvalue weighted by Gasteiger charge is -2.25. The molecule has 1 heterocycles. The third kappa shape index (κ3) is 2.81. The van der Waals surface area contributed by atoms with E-state index in [4.69, 9.17) is 5.73 Å². The first-order valence-corrected chi connectivity index (χ1v) is 8.64. The second-order valence-electron chi connectivity index (χ2n) is 4.23. The lowest BCUT2D eigenvalue weighted by molar-refractivity contribution is -0.383. The van der Waals surface area contributed by atoms with Gasteiger partial charge in [0, 0.05) is 41.5 Å². The smallest absolute Gasteiger partial charge is 0.292 e. The highest BCUT2D eigenvalue weighted by atomic mass is 32.2. The summed E-state index contributed by atoms with van der Waals surface area (Å²) in [6.07, 6.45) is 0. The molecule has 1 aromatic rings. The molecule has 20 heavy (non-hydrogen) atoms. The normalized spacial score (nSPS) is 18.0. The standard InChI is InChI=1S/C10H13N3O5S2/c11-9-7-8(1-2-10(9)13(14)15)20(17,18)12-3-5-19(16)6-4-12/h1-2,7H,3-6,11H2. The van der Waals surface area contributed by atoms with Crippen molar-refractivity contribution in [3.63, 3.8) is 0 Å². The van der Waals surface area contributed by atoms with Crippen LogP contribution in [0.15, 0.2) is 23.1 Å². The van der Waals surface area contributed by atoms with Gasteiger partial charge in [-0.3, -0.25) is 14.3 Å². The fourth-order valence-electron chi connectivity index (χ4n) is 1.87. The number of hydrogen-bond donors (Lipinski definition) is 1. The minimum atomic E-state index is -3.75. The molecule has 110 valence electrons. The van der Waals surface area contributed by atoms with Gasteiger partial charge in [-0.05, 0) is 12.1 Å². The zero-order valence-corrected chi connectivity index (χ0v) is 12.0. The van der Waals surface area contributed by atoms with Crippen molar-refractivity contribution >= 4 is 32.2 Å². The first-order valence-electron chi connectivity index (χ1n) is 5.71. The molecule has 0 bridgehead atoms. The van der Waals surface area contributed by atoms with Crippen molar-refractivity contribution in [3.05, 3.63) is 28.3 Å². The van der Waals surface area contributed by atoms with Crippen LogP contribution in [0, 0.1) is 10.1 Å². The number of nitro groups is 1. The molecule has 0 saturated carbocycles. The molecule has 2 N–H and O–H groups in total. The number of nitrogens with zero attached hydrogens (tertiary/aromatic N) is 2. The Morgan fingerprint density at radius 3 is 2.40 bits per heavy atom. The van der Waals surface area contributed by atoms with Crippen molar-refractivity contribution in [1.29, 1.82) is 0 Å². The molecule has 0 amide bonds. The Bertz CT molecular complexity index is 663. The number of nitrogens with two attached hydrogens (primary N) is 1. The van der Waals surface area contributed by atoms with E-state index in [1.807, 2.05) is 0 Å². The van der Waals surface area contributed by atoms with Crippen LogP contribution in [0.2, 0.25) is 0 Å². The third-order valence-electron chi connectivity index (χ3n) is 2.97. The van der Waals surface area contributed by atoms with Crippen molar-refractivity contribution in [2.24, 2.45) is 0 Å². The third-order valence-corrected chi connectivity index (χ3v) is 6.14. The SMILES string of the molecule is Nc1cc(S(=O)(=O)N2CCS(=O)CC2)ccc1[N+](=O)[O-]. The van der Waals surface area contributed by atoms with Crippen molar-refractivity contribution in [3.8, 4) is 0 Å². The number of nitrogen functional groups attached to an aromatic ring is 1. The van der Waals surface area contributed by atoms with Gasteiger partial charge in [-0.15, -0.1) is 0 Å². The van der Waals surface area contributed by atoms with Crippen LogP contribution in [0.3, 0.4) is 0 Å². The van der Waals surface area contributed by atoms with E-state index in [-0.39, 0.29) is 29.4 Å². The molecule has 10 heteroatoms. The number of rotatable bonds is 3. The van der Waals surface area contributed by atoms with Crippen LogP contribution in [0.5, 0.6) is 0 Å². The maximum atomic E-state index is 12.3. The Labute approximate surface area is 118 Å². The molecule has 0 unspecified atom stereocenters. The monoisotopic (exact) mass is 319 g/mol. The maximum Gasteiger partial charge on any atom is 0.292 e. The number of sulfonamides is 1. The molecular formula is C10H13N3O5S2. The molecule has 0 atom stereocenters. The van der Waals surface area contributed by atoms with Gasteiger partial charge in [0.25, 0.3) is 5.69 Å². The first kappa shape index (κ1) is 14.9. The summed E-state index contributed by atoms with van der Waals surface area (Å²) in [5.41, 5.74) is 4.97. The highest BCUT2D eigenvalue weighted by molar-refractivity contribution is 7.89. The van der Waals surface area contributed by atoms with E-state index in [0.717, 1.165) is 18.2 Å². The summed E-state index contributed by atoms with van der Waals surface area (Å²) < 4.78 is 37.1. The van der Waals surface area contributed by atoms with Gasteiger partial charge in [-0.1, -0.05) is 0 Å². The quantitative estimate of drug-likeness (QED) is 0.472. The minimum Gasteiger partial charge on any atom is -0.393 e. The first-order chi connectivity index (χ1) is 9.32. The average Bonchev–Trinajstić information content (AvgIpc) is 2.38. The lowest BCUT2D eigenvalue weighted by Crippen LogP contribution is -2.41. The second kappa shape index (κ2) is 5.46. The topological polar surface area (TPSA) is 124 Å². The van der Waals surface area contributed by atoms with E-state index >= 15 is 0 Å². The van der Waals surface area contributed by atoms with Gasteiger partial charge in [0.2, 0.25) is 10.0 Å². The summed E-state index contributed by atoms with van der Waals surface area (Å²) in [7, 11) is -4.74. The van der Waals surface area contributed by atoms with E-state index < -0.39 is 25.7 Å². The molecule has 1 aliphatic rings. The fourth-order valence-corrected chi connectivity index (χ4v) is 4.63.